The molecule has 0 spiro atoms. The van der Waals surface area contributed by atoms with Gasteiger partial charge in [-0.1, -0.05) is 0 Å². The fourth-order valence-electron chi connectivity index (χ4n) is 0.944. The monoisotopic (exact) mass is 226 g/mol. The van der Waals surface area contributed by atoms with Crippen LogP contribution < -0.4 is 0 Å². The maximum absolute atomic E-state index is 11.9. The molecule has 0 radical (unpaired) electrons. The zero-order chi connectivity index (χ0) is 10.8. The molecule has 1 rings (SSSR count). The number of carbonyl (C=O) groups excluding carboxylic acids is 1. The van der Waals surface area contributed by atoms with Crippen LogP contribution in [0.2, 0.25) is 0 Å². The predicted octanol–water partition coefficient (Wildman–Crippen LogP) is 2.00. The largest absolute Gasteiger partial charge is 0.408 e. The van der Waals surface area contributed by atoms with Crippen LogP contribution in [0.4, 0.5) is 13.2 Å². The van der Waals surface area contributed by atoms with E-state index in [9.17, 15) is 18.0 Å². The molecule has 0 unspecified atom stereocenters. The number of hydrogen-bond donors (Lipinski definition) is 0. The maximum atomic E-state index is 11.9. The van der Waals surface area contributed by atoms with E-state index >= 15 is 0 Å². The zero-order valence-electron chi connectivity index (χ0n) is 6.88. The topological polar surface area (TPSA) is 34.9 Å². The summed E-state index contributed by atoms with van der Waals surface area (Å²) in [6.45, 7) is -1.22. The molecule has 0 fully saturated rings. The summed E-state index contributed by atoms with van der Waals surface area (Å²) in [5.41, 5.74) is 0.246. The number of alkyl halides is 4. The third-order valence-corrected chi connectivity index (χ3v) is 1.72. The highest BCUT2D eigenvalue weighted by Gasteiger charge is 2.28. The van der Waals surface area contributed by atoms with E-state index < -0.39 is 12.7 Å². The Bertz CT molecular complexity index is 334. The molecule has 14 heavy (non-hydrogen) atoms. The molecule has 0 aliphatic rings. The highest BCUT2D eigenvalue weighted by Crippen LogP contribution is 2.18. The minimum Gasteiger partial charge on any atom is -0.298 e. The van der Waals surface area contributed by atoms with Crippen LogP contribution in [0.1, 0.15) is 16.1 Å². The first-order chi connectivity index (χ1) is 6.46. The lowest BCUT2D eigenvalue weighted by atomic mass is 10.3. The Labute approximate surface area is 82.5 Å². The molecule has 0 bridgehead atoms. The molecule has 1 aromatic heterocycles. The lowest BCUT2D eigenvalue weighted by Gasteiger charge is -2.04. The molecule has 1 aromatic rings. The third kappa shape index (κ3) is 2.73. The van der Waals surface area contributed by atoms with Crippen molar-refractivity contribution in [3.63, 3.8) is 0 Å². The lowest BCUT2D eigenvalue weighted by Crippen LogP contribution is -2.18. The van der Waals surface area contributed by atoms with E-state index in [-0.39, 0.29) is 17.1 Å². The molecular weight excluding hydrogens is 221 g/mol. The van der Waals surface area contributed by atoms with Gasteiger partial charge in [0.2, 0.25) is 0 Å². The summed E-state index contributed by atoms with van der Waals surface area (Å²) in [4.78, 5) is 10.4. The molecule has 7 heteroatoms. The van der Waals surface area contributed by atoms with Gasteiger partial charge in [-0.05, 0) is 0 Å². The van der Waals surface area contributed by atoms with Gasteiger partial charge in [-0.3, -0.25) is 9.48 Å². The first-order valence-corrected chi connectivity index (χ1v) is 4.14. The number of hydrogen-bond acceptors (Lipinski definition) is 2. The van der Waals surface area contributed by atoms with E-state index in [0.717, 1.165) is 6.20 Å². The second-order valence-electron chi connectivity index (χ2n) is 2.60. The van der Waals surface area contributed by atoms with Gasteiger partial charge in [0.15, 0.2) is 6.29 Å². The Morgan fingerprint density at radius 3 is 2.57 bits per heavy atom. The molecule has 0 aliphatic carbocycles. The van der Waals surface area contributed by atoms with E-state index in [1.807, 2.05) is 0 Å². The number of nitrogens with zero attached hydrogens (tertiary/aromatic N) is 2. The number of rotatable bonds is 3. The van der Waals surface area contributed by atoms with Gasteiger partial charge in [-0.25, -0.2) is 0 Å². The fraction of sp³-hybridized carbons (Fsp3) is 0.429. The molecular formula is C7H6ClF3N2O. The van der Waals surface area contributed by atoms with Crippen molar-refractivity contribution in [3.05, 3.63) is 17.5 Å². The average molecular weight is 227 g/mol. The molecule has 0 aromatic carbocycles. The molecule has 0 amide bonds. The first kappa shape index (κ1) is 11.0. The van der Waals surface area contributed by atoms with Crippen LogP contribution in [0.3, 0.4) is 0 Å². The quantitative estimate of drug-likeness (QED) is 0.584. The second-order valence-corrected chi connectivity index (χ2v) is 2.86. The SMILES string of the molecule is O=Cc1cn(CC(F)(F)F)nc1CCl. The molecule has 78 valence electrons. The van der Waals surface area contributed by atoms with Crippen LogP contribution in [-0.2, 0) is 12.4 Å². The maximum Gasteiger partial charge on any atom is 0.408 e. The van der Waals surface area contributed by atoms with E-state index in [1.165, 1.54) is 0 Å². The first-order valence-electron chi connectivity index (χ1n) is 3.60. The van der Waals surface area contributed by atoms with Gasteiger partial charge in [0.1, 0.15) is 6.54 Å². The van der Waals surface area contributed by atoms with Crippen molar-refractivity contribution in [2.24, 2.45) is 0 Å². The van der Waals surface area contributed by atoms with Crippen LogP contribution in [-0.4, -0.2) is 22.2 Å². The molecule has 0 atom stereocenters. The average Bonchev–Trinajstić information content (AvgIpc) is 2.43. The highest BCUT2D eigenvalue weighted by molar-refractivity contribution is 6.17. The number of halogens is 4. The second kappa shape index (κ2) is 4.00. The van der Waals surface area contributed by atoms with Gasteiger partial charge in [-0.2, -0.15) is 18.3 Å². The Hall–Kier alpha value is -1.04. The summed E-state index contributed by atoms with van der Waals surface area (Å²) >= 11 is 5.38. The summed E-state index contributed by atoms with van der Waals surface area (Å²) in [6.07, 6.45) is -2.90. The standard InChI is InChI=1S/C7H6ClF3N2O/c8-1-6-5(3-14)2-13(12-6)4-7(9,10)11/h2-3H,1,4H2. The molecule has 0 saturated carbocycles. The highest BCUT2D eigenvalue weighted by atomic mass is 35.5. The molecule has 3 nitrogen and oxygen atoms in total. The lowest BCUT2D eigenvalue weighted by molar-refractivity contribution is -0.142. The molecule has 1 heterocycles. The van der Waals surface area contributed by atoms with E-state index in [2.05, 4.69) is 5.10 Å². The van der Waals surface area contributed by atoms with Crippen LogP contribution in [0, 0.1) is 0 Å². The number of aromatic nitrogens is 2. The molecule has 0 saturated heterocycles. The molecule has 0 N–H and O–H groups in total. The molecule has 0 aliphatic heterocycles. The Balaban J connectivity index is 2.90. The number of carbonyl (C=O) groups is 1. The van der Waals surface area contributed by atoms with Gasteiger partial charge in [0.05, 0.1) is 17.1 Å². The Morgan fingerprint density at radius 1 is 1.57 bits per heavy atom. The summed E-state index contributed by atoms with van der Waals surface area (Å²) in [6, 6.07) is 0. The van der Waals surface area contributed by atoms with Gasteiger partial charge >= 0.3 is 6.18 Å². The third-order valence-electron chi connectivity index (χ3n) is 1.47. The van der Waals surface area contributed by atoms with E-state index in [0.29, 0.717) is 11.0 Å². The summed E-state index contributed by atoms with van der Waals surface area (Å²) in [5.74, 6) is -0.0844. The van der Waals surface area contributed by atoms with Crippen molar-refractivity contribution in [2.75, 3.05) is 0 Å². The van der Waals surface area contributed by atoms with E-state index in [4.69, 9.17) is 11.6 Å². The van der Waals surface area contributed by atoms with Crippen LogP contribution >= 0.6 is 11.6 Å². The predicted molar refractivity (Wildman–Crippen MR) is 43.2 cm³/mol. The van der Waals surface area contributed by atoms with Gasteiger partial charge in [-0.15, -0.1) is 11.6 Å². The van der Waals surface area contributed by atoms with Crippen molar-refractivity contribution in [2.45, 2.75) is 18.6 Å². The van der Waals surface area contributed by atoms with Crippen molar-refractivity contribution in [1.29, 1.82) is 0 Å². The van der Waals surface area contributed by atoms with Gasteiger partial charge in [0, 0.05) is 6.20 Å². The summed E-state index contributed by atoms with van der Waals surface area (Å²) in [7, 11) is 0. The van der Waals surface area contributed by atoms with Crippen LogP contribution in [0.5, 0.6) is 0 Å². The van der Waals surface area contributed by atoms with Crippen LogP contribution in [0.15, 0.2) is 6.20 Å². The van der Waals surface area contributed by atoms with Crippen molar-refractivity contribution in [1.82, 2.24) is 9.78 Å². The summed E-state index contributed by atoms with van der Waals surface area (Å²) in [5, 5.41) is 3.52. The van der Waals surface area contributed by atoms with Gasteiger partial charge < -0.3 is 0 Å². The van der Waals surface area contributed by atoms with Crippen molar-refractivity contribution >= 4 is 17.9 Å². The normalized spacial score (nSPS) is 11.7. The van der Waals surface area contributed by atoms with E-state index in [1.54, 1.807) is 0 Å². The fourth-order valence-corrected chi connectivity index (χ4v) is 1.15. The van der Waals surface area contributed by atoms with Crippen molar-refractivity contribution < 1.29 is 18.0 Å². The minimum absolute atomic E-state index is 0.0844. The minimum atomic E-state index is -4.35. The van der Waals surface area contributed by atoms with Crippen LogP contribution in [0.25, 0.3) is 0 Å². The zero-order valence-corrected chi connectivity index (χ0v) is 7.64. The number of aldehydes is 1. The van der Waals surface area contributed by atoms with Crippen molar-refractivity contribution in [3.8, 4) is 0 Å². The van der Waals surface area contributed by atoms with Gasteiger partial charge in [0.25, 0.3) is 0 Å². The Morgan fingerprint density at radius 2 is 2.21 bits per heavy atom. The summed E-state index contributed by atoms with van der Waals surface area (Å²) < 4.78 is 36.4. The Kier molecular flexibility index (Phi) is 3.15. The smallest absolute Gasteiger partial charge is 0.298 e.